The average molecular weight is 477 g/mol. The number of amides is 1. The molecule has 3 heterocycles. The van der Waals surface area contributed by atoms with E-state index < -0.39 is 0 Å². The summed E-state index contributed by atoms with van der Waals surface area (Å²) in [7, 11) is 0. The summed E-state index contributed by atoms with van der Waals surface area (Å²) in [6.45, 7) is 2.84. The molecule has 4 aromatic rings. The van der Waals surface area contributed by atoms with Crippen LogP contribution in [0.25, 0.3) is 11.0 Å². The number of hydrogen-bond acceptors (Lipinski definition) is 6. The number of nitrogens with one attached hydrogen (secondary N) is 2. The monoisotopic (exact) mass is 476 g/mol. The van der Waals surface area contributed by atoms with Gasteiger partial charge in [-0.1, -0.05) is 23.7 Å². The number of nitrogens with zero attached hydrogens (tertiary/aromatic N) is 4. The summed E-state index contributed by atoms with van der Waals surface area (Å²) >= 11 is 7.55. The summed E-state index contributed by atoms with van der Waals surface area (Å²) < 4.78 is 0. The number of likely N-dealkylation sites (tertiary alicyclic amines) is 1. The van der Waals surface area contributed by atoms with Crippen molar-refractivity contribution in [1.82, 2.24) is 19.9 Å². The van der Waals surface area contributed by atoms with Crippen LogP contribution >= 0.6 is 22.9 Å². The Morgan fingerprint density at radius 2 is 2.00 bits per heavy atom. The maximum Gasteiger partial charge on any atom is 0.277 e. The minimum atomic E-state index is -0.277. The summed E-state index contributed by atoms with van der Waals surface area (Å²) in [4.78, 5) is 27.2. The van der Waals surface area contributed by atoms with Crippen molar-refractivity contribution in [3.63, 3.8) is 0 Å². The van der Waals surface area contributed by atoms with Gasteiger partial charge in [0, 0.05) is 22.9 Å². The van der Waals surface area contributed by atoms with Gasteiger partial charge in [-0.25, -0.2) is 9.97 Å². The minimum Gasteiger partial charge on any atom is -0.324 e. The number of anilines is 1. The Bertz CT molecular complexity index is 1330. The number of H-pyrrole nitrogens is 1. The molecule has 7 nitrogen and oxygen atoms in total. The van der Waals surface area contributed by atoms with Crippen LogP contribution in [0.3, 0.4) is 0 Å². The average Bonchev–Trinajstić information content (AvgIpc) is 3.47. The zero-order valence-electron chi connectivity index (χ0n) is 17.7. The topological polar surface area (TPSA) is 97.7 Å². The van der Waals surface area contributed by atoms with Crippen molar-refractivity contribution in [3.05, 3.63) is 74.7 Å². The van der Waals surface area contributed by atoms with Crippen molar-refractivity contribution in [2.75, 3.05) is 18.4 Å². The maximum atomic E-state index is 12.7. The van der Waals surface area contributed by atoms with Gasteiger partial charge in [-0.15, -0.1) is 11.3 Å². The number of nitriles is 1. The predicted molar refractivity (Wildman–Crippen MR) is 130 cm³/mol. The Hall–Kier alpha value is -3.25. The van der Waals surface area contributed by atoms with Crippen molar-refractivity contribution < 1.29 is 4.79 Å². The molecule has 2 aromatic carbocycles. The van der Waals surface area contributed by atoms with E-state index in [9.17, 15) is 4.79 Å². The lowest BCUT2D eigenvalue weighted by molar-refractivity contribution is 0.102. The number of carbonyl (C=O) groups excluding carboxylic acids is 1. The minimum absolute atomic E-state index is 0.277. The van der Waals surface area contributed by atoms with Gasteiger partial charge in [-0.05, 0) is 61.8 Å². The van der Waals surface area contributed by atoms with Gasteiger partial charge in [0.15, 0.2) is 0 Å². The number of imidazole rings is 1. The highest BCUT2D eigenvalue weighted by Gasteiger charge is 2.24. The number of carbonyl (C=O) groups is 1. The molecule has 166 valence electrons. The Morgan fingerprint density at radius 3 is 2.76 bits per heavy atom. The van der Waals surface area contributed by atoms with Crippen LogP contribution in [0.2, 0.25) is 5.02 Å². The van der Waals surface area contributed by atoms with E-state index in [0.29, 0.717) is 28.1 Å². The molecular weight excluding hydrogens is 456 g/mol. The van der Waals surface area contributed by atoms with E-state index in [2.05, 4.69) is 31.2 Å². The van der Waals surface area contributed by atoms with Crippen LogP contribution < -0.4 is 5.32 Å². The lowest BCUT2D eigenvalue weighted by atomic mass is 9.97. The molecule has 2 aromatic heterocycles. The molecule has 1 fully saturated rings. The fraction of sp³-hybridized carbons (Fsp3) is 0.250. The molecule has 2 N–H and O–H groups in total. The van der Waals surface area contributed by atoms with Gasteiger partial charge >= 0.3 is 0 Å². The molecule has 0 aliphatic carbocycles. The number of piperidine rings is 1. The Kier molecular flexibility index (Phi) is 6.09. The molecule has 0 saturated carbocycles. The second kappa shape index (κ2) is 9.32. The Morgan fingerprint density at radius 1 is 1.21 bits per heavy atom. The first-order valence-corrected chi connectivity index (χ1v) is 12.0. The smallest absolute Gasteiger partial charge is 0.277 e. The third-order valence-electron chi connectivity index (χ3n) is 5.86. The Balaban J connectivity index is 1.17. The van der Waals surface area contributed by atoms with E-state index in [0.717, 1.165) is 48.5 Å². The fourth-order valence-electron chi connectivity index (χ4n) is 4.07. The summed E-state index contributed by atoms with van der Waals surface area (Å²) in [6.07, 6.45) is 2.02. The zero-order chi connectivity index (χ0) is 22.8. The van der Waals surface area contributed by atoms with E-state index in [4.69, 9.17) is 16.9 Å². The van der Waals surface area contributed by atoms with Crippen LogP contribution in [-0.4, -0.2) is 38.8 Å². The Labute approximate surface area is 200 Å². The number of hydrogen-bond donors (Lipinski definition) is 2. The van der Waals surface area contributed by atoms with E-state index >= 15 is 0 Å². The third-order valence-corrected chi connectivity index (χ3v) is 7.10. The highest BCUT2D eigenvalue weighted by atomic mass is 35.5. The molecule has 0 unspecified atom stereocenters. The van der Waals surface area contributed by atoms with Crippen molar-refractivity contribution in [2.24, 2.45) is 0 Å². The van der Waals surface area contributed by atoms with E-state index in [1.165, 1.54) is 5.56 Å². The number of fused-ring (bicyclic) bond motifs is 1. The molecule has 1 amide bonds. The summed E-state index contributed by atoms with van der Waals surface area (Å²) in [6, 6.07) is 15.3. The summed E-state index contributed by atoms with van der Waals surface area (Å²) in [5, 5.41) is 15.2. The number of aromatic nitrogens is 3. The van der Waals surface area contributed by atoms with E-state index in [1.807, 2.05) is 29.6 Å². The molecule has 5 rings (SSSR count). The number of thiazole rings is 1. The van der Waals surface area contributed by atoms with Crippen molar-refractivity contribution in [1.29, 1.82) is 5.26 Å². The SMILES string of the molecule is N#Cc1ccc(CN2CCC(c3nc(C(=O)Nc4nc5ccc(Cl)cc5[nH]4)cs3)CC2)cc1. The van der Waals surface area contributed by atoms with Crippen molar-refractivity contribution in [3.8, 4) is 6.07 Å². The van der Waals surface area contributed by atoms with Gasteiger partial charge in [0.25, 0.3) is 5.91 Å². The molecule has 9 heteroatoms. The van der Waals surface area contributed by atoms with Gasteiger partial charge in [-0.3, -0.25) is 15.0 Å². The van der Waals surface area contributed by atoms with Gasteiger partial charge in [0.2, 0.25) is 5.95 Å². The zero-order valence-corrected chi connectivity index (χ0v) is 19.3. The summed E-state index contributed by atoms with van der Waals surface area (Å²) in [5.41, 5.74) is 3.82. The van der Waals surface area contributed by atoms with Gasteiger partial charge in [-0.2, -0.15) is 5.26 Å². The van der Waals surface area contributed by atoms with Crippen LogP contribution in [0.15, 0.2) is 47.8 Å². The fourth-order valence-corrected chi connectivity index (χ4v) is 5.22. The van der Waals surface area contributed by atoms with Crippen LogP contribution in [0.5, 0.6) is 0 Å². The lowest BCUT2D eigenvalue weighted by Gasteiger charge is -2.31. The maximum absolute atomic E-state index is 12.7. The van der Waals surface area contributed by atoms with E-state index in [1.54, 1.807) is 29.5 Å². The van der Waals surface area contributed by atoms with Crippen LogP contribution in [0.4, 0.5) is 5.95 Å². The number of aromatic amines is 1. The standard InChI is InChI=1S/C24H21ClN6OS/c25-18-5-6-19-20(11-18)29-24(28-19)30-22(32)21-14-33-23(27-21)17-7-9-31(10-8-17)13-16-3-1-15(12-26)2-4-16/h1-6,11,14,17H,7-10,13H2,(H2,28,29,30,32). The molecule has 1 aliphatic heterocycles. The number of halogens is 1. The molecule has 0 radical (unpaired) electrons. The molecule has 0 atom stereocenters. The second-order valence-corrected chi connectivity index (χ2v) is 9.46. The van der Waals surface area contributed by atoms with Crippen molar-refractivity contribution in [2.45, 2.75) is 25.3 Å². The molecule has 0 bridgehead atoms. The first-order valence-electron chi connectivity index (χ1n) is 10.7. The van der Waals surface area contributed by atoms with Crippen molar-refractivity contribution >= 4 is 45.8 Å². The number of benzene rings is 2. The lowest BCUT2D eigenvalue weighted by Crippen LogP contribution is -2.32. The largest absolute Gasteiger partial charge is 0.324 e. The highest BCUT2D eigenvalue weighted by molar-refractivity contribution is 7.10. The van der Waals surface area contributed by atoms with Gasteiger partial charge < -0.3 is 4.98 Å². The van der Waals surface area contributed by atoms with Crippen LogP contribution in [0.1, 0.15) is 45.4 Å². The molecule has 1 saturated heterocycles. The van der Waals surface area contributed by atoms with Gasteiger partial charge in [0.1, 0.15) is 5.69 Å². The quantitative estimate of drug-likeness (QED) is 0.413. The van der Waals surface area contributed by atoms with Gasteiger partial charge in [0.05, 0.1) is 27.7 Å². The normalized spacial score (nSPS) is 14.9. The highest BCUT2D eigenvalue weighted by Crippen LogP contribution is 2.31. The second-order valence-electron chi connectivity index (χ2n) is 8.13. The molecule has 33 heavy (non-hydrogen) atoms. The van der Waals surface area contributed by atoms with Crippen LogP contribution in [-0.2, 0) is 6.54 Å². The molecular formula is C24H21ClN6OS. The third kappa shape index (κ3) is 4.91. The van der Waals surface area contributed by atoms with E-state index in [-0.39, 0.29) is 5.91 Å². The number of rotatable bonds is 5. The first-order chi connectivity index (χ1) is 16.1. The molecule has 1 aliphatic rings. The summed E-state index contributed by atoms with van der Waals surface area (Å²) in [5.74, 6) is 0.464. The first kappa shape index (κ1) is 21.6. The predicted octanol–water partition coefficient (Wildman–Crippen LogP) is 5.18. The van der Waals surface area contributed by atoms with Crippen LogP contribution in [0, 0.1) is 11.3 Å². The molecule has 0 spiro atoms.